The van der Waals surface area contributed by atoms with Gasteiger partial charge >= 0.3 is 12.1 Å². The van der Waals surface area contributed by atoms with Gasteiger partial charge in [-0.2, -0.15) is 18.3 Å². The molecule has 4 nitrogen and oxygen atoms in total. The van der Waals surface area contributed by atoms with Crippen LogP contribution in [-0.2, 0) is 16.1 Å². The van der Waals surface area contributed by atoms with E-state index in [4.69, 9.17) is 0 Å². The maximum Gasteiger partial charge on any atom is 0.422 e. The Morgan fingerprint density at radius 3 is 2.46 bits per heavy atom. The molecule has 0 N–H and O–H groups in total. The van der Waals surface area contributed by atoms with Gasteiger partial charge in [-0.15, -0.1) is 0 Å². The molecule has 0 bridgehead atoms. The van der Waals surface area contributed by atoms with Crippen LogP contribution in [-0.4, -0.2) is 28.5 Å². The monoisotopic (exact) mass is 454 g/mol. The van der Waals surface area contributed by atoms with Crippen LogP contribution in [0.5, 0.6) is 0 Å². The Bertz CT molecular complexity index is 998. The van der Waals surface area contributed by atoms with Crippen molar-refractivity contribution in [3.8, 4) is 11.3 Å². The van der Waals surface area contributed by atoms with Gasteiger partial charge in [-0.3, -0.25) is 9.48 Å². The Kier molecular flexibility index (Phi) is 5.52. The van der Waals surface area contributed by atoms with Crippen LogP contribution in [0.15, 0.2) is 53.0 Å². The van der Waals surface area contributed by atoms with Crippen LogP contribution in [0.4, 0.5) is 13.2 Å². The highest BCUT2D eigenvalue weighted by molar-refractivity contribution is 9.10. The zero-order chi connectivity index (χ0) is 20.5. The van der Waals surface area contributed by atoms with Crippen LogP contribution < -0.4 is 0 Å². The maximum atomic E-state index is 12.4. The summed E-state index contributed by atoms with van der Waals surface area (Å²) in [5.74, 6) is -0.924. The standard InChI is InChI=1S/C20H18BrF3N2O2/c1-19(2,18(27)28-12-20(22,23)24)11-26-16-9-8-14(21)10-15(16)17(25-26)13-6-4-3-5-7-13/h3-10H,11-12H2,1-2H3. The molecule has 0 aliphatic heterocycles. The summed E-state index contributed by atoms with van der Waals surface area (Å²) < 4.78 is 44.1. The third kappa shape index (κ3) is 4.55. The molecule has 2 aromatic carbocycles. The van der Waals surface area contributed by atoms with Crippen molar-refractivity contribution in [2.45, 2.75) is 26.6 Å². The lowest BCUT2D eigenvalue weighted by atomic mass is 9.94. The summed E-state index contributed by atoms with van der Waals surface area (Å²) in [6.45, 7) is 1.56. The van der Waals surface area contributed by atoms with Crippen molar-refractivity contribution in [3.63, 3.8) is 0 Å². The number of esters is 1. The molecule has 0 unspecified atom stereocenters. The van der Waals surface area contributed by atoms with Crippen LogP contribution in [0.2, 0.25) is 0 Å². The number of ether oxygens (including phenoxy) is 1. The van der Waals surface area contributed by atoms with E-state index in [0.717, 1.165) is 26.6 Å². The summed E-state index contributed by atoms with van der Waals surface area (Å²) in [4.78, 5) is 12.2. The maximum absolute atomic E-state index is 12.4. The van der Waals surface area contributed by atoms with E-state index in [2.05, 4.69) is 25.8 Å². The molecule has 148 valence electrons. The first-order valence-corrected chi connectivity index (χ1v) is 9.32. The van der Waals surface area contributed by atoms with Gasteiger partial charge in [-0.1, -0.05) is 46.3 Å². The number of hydrogen-bond donors (Lipinski definition) is 0. The summed E-state index contributed by atoms with van der Waals surface area (Å²) in [6, 6.07) is 15.2. The van der Waals surface area contributed by atoms with E-state index in [-0.39, 0.29) is 6.54 Å². The molecule has 28 heavy (non-hydrogen) atoms. The van der Waals surface area contributed by atoms with Crippen molar-refractivity contribution in [2.75, 3.05) is 6.61 Å². The molecule has 0 amide bonds. The Balaban J connectivity index is 1.96. The molecule has 0 fully saturated rings. The Hall–Kier alpha value is -2.35. The highest BCUT2D eigenvalue weighted by Gasteiger charge is 2.36. The first-order chi connectivity index (χ1) is 13.1. The third-order valence-corrected chi connectivity index (χ3v) is 4.72. The molecule has 0 atom stereocenters. The van der Waals surface area contributed by atoms with E-state index >= 15 is 0 Å². The molecule has 0 aliphatic carbocycles. The molecule has 3 rings (SSSR count). The van der Waals surface area contributed by atoms with Crippen LogP contribution in [0.1, 0.15) is 13.8 Å². The lowest BCUT2D eigenvalue weighted by Gasteiger charge is -2.23. The second kappa shape index (κ2) is 7.58. The number of halogens is 4. The number of hydrogen-bond acceptors (Lipinski definition) is 3. The molecule has 0 spiro atoms. The fourth-order valence-electron chi connectivity index (χ4n) is 2.86. The first kappa shape index (κ1) is 20.4. The predicted molar refractivity (Wildman–Crippen MR) is 104 cm³/mol. The van der Waals surface area contributed by atoms with Crippen LogP contribution in [0.3, 0.4) is 0 Å². The van der Waals surface area contributed by atoms with Gasteiger partial charge in [0, 0.05) is 15.4 Å². The first-order valence-electron chi connectivity index (χ1n) is 8.52. The molecule has 0 aliphatic rings. The van der Waals surface area contributed by atoms with Crippen LogP contribution in [0, 0.1) is 5.41 Å². The fourth-order valence-corrected chi connectivity index (χ4v) is 3.22. The van der Waals surface area contributed by atoms with Crippen molar-refractivity contribution < 1.29 is 22.7 Å². The van der Waals surface area contributed by atoms with Gasteiger partial charge < -0.3 is 4.74 Å². The number of fused-ring (bicyclic) bond motifs is 1. The van der Waals surface area contributed by atoms with Gasteiger partial charge in [0.25, 0.3) is 0 Å². The number of rotatable bonds is 5. The topological polar surface area (TPSA) is 44.1 Å². The Morgan fingerprint density at radius 2 is 1.82 bits per heavy atom. The number of carbonyl (C=O) groups excluding carboxylic acids is 1. The lowest BCUT2D eigenvalue weighted by Crippen LogP contribution is -2.34. The van der Waals surface area contributed by atoms with Gasteiger partial charge in [-0.25, -0.2) is 0 Å². The van der Waals surface area contributed by atoms with E-state index in [1.807, 2.05) is 48.5 Å². The number of benzene rings is 2. The lowest BCUT2D eigenvalue weighted by molar-refractivity contribution is -0.193. The van der Waals surface area contributed by atoms with E-state index in [1.54, 1.807) is 18.5 Å². The molecule has 3 aromatic rings. The summed E-state index contributed by atoms with van der Waals surface area (Å²) >= 11 is 3.45. The van der Waals surface area contributed by atoms with Crippen molar-refractivity contribution in [1.82, 2.24) is 9.78 Å². The van der Waals surface area contributed by atoms with Crippen molar-refractivity contribution >= 4 is 32.8 Å². The van der Waals surface area contributed by atoms with E-state index in [9.17, 15) is 18.0 Å². The highest BCUT2D eigenvalue weighted by atomic mass is 79.9. The quantitative estimate of drug-likeness (QED) is 0.471. The van der Waals surface area contributed by atoms with Gasteiger partial charge in [0.1, 0.15) is 5.69 Å². The molecule has 0 radical (unpaired) electrons. The van der Waals surface area contributed by atoms with Gasteiger partial charge in [0.15, 0.2) is 6.61 Å². The molecule has 1 heterocycles. The molecular formula is C20H18BrF3N2O2. The second-order valence-electron chi connectivity index (χ2n) is 7.11. The van der Waals surface area contributed by atoms with Gasteiger partial charge in [0.05, 0.1) is 17.5 Å². The van der Waals surface area contributed by atoms with Crippen molar-refractivity contribution in [2.24, 2.45) is 5.41 Å². The van der Waals surface area contributed by atoms with Crippen LogP contribution >= 0.6 is 15.9 Å². The summed E-state index contributed by atoms with van der Waals surface area (Å²) in [7, 11) is 0. The largest absolute Gasteiger partial charge is 0.456 e. The van der Waals surface area contributed by atoms with E-state index < -0.39 is 24.2 Å². The Morgan fingerprint density at radius 1 is 1.14 bits per heavy atom. The normalized spacial score (nSPS) is 12.4. The average molecular weight is 455 g/mol. The zero-order valence-corrected chi connectivity index (χ0v) is 16.8. The number of alkyl halides is 3. The van der Waals surface area contributed by atoms with Crippen LogP contribution in [0.25, 0.3) is 22.2 Å². The SMILES string of the molecule is CC(C)(Cn1nc(-c2ccccc2)c2cc(Br)ccc21)C(=O)OCC(F)(F)F. The summed E-state index contributed by atoms with van der Waals surface area (Å²) in [5.41, 5.74) is 1.22. The third-order valence-electron chi connectivity index (χ3n) is 4.22. The van der Waals surface area contributed by atoms with Crippen molar-refractivity contribution in [1.29, 1.82) is 0 Å². The van der Waals surface area contributed by atoms with Crippen molar-refractivity contribution in [3.05, 3.63) is 53.0 Å². The Labute approximate surface area is 168 Å². The zero-order valence-electron chi connectivity index (χ0n) is 15.3. The fraction of sp³-hybridized carbons (Fsp3) is 0.300. The molecule has 0 saturated heterocycles. The van der Waals surface area contributed by atoms with Gasteiger partial charge in [-0.05, 0) is 32.0 Å². The second-order valence-corrected chi connectivity index (χ2v) is 8.02. The molecule has 1 aromatic heterocycles. The van der Waals surface area contributed by atoms with Gasteiger partial charge in [0.2, 0.25) is 0 Å². The summed E-state index contributed by atoms with van der Waals surface area (Å²) in [6.07, 6.45) is -4.56. The number of carbonyl (C=O) groups is 1. The predicted octanol–water partition coefficient (Wildman–Crippen LogP) is 5.60. The number of nitrogens with zero attached hydrogens (tertiary/aromatic N) is 2. The summed E-state index contributed by atoms with van der Waals surface area (Å²) in [5, 5.41) is 5.52. The average Bonchev–Trinajstić information content (AvgIpc) is 2.96. The number of aromatic nitrogens is 2. The minimum Gasteiger partial charge on any atom is -0.456 e. The highest BCUT2D eigenvalue weighted by Crippen LogP contribution is 2.32. The van der Waals surface area contributed by atoms with E-state index in [0.29, 0.717) is 0 Å². The molecule has 0 saturated carbocycles. The molecular weight excluding hydrogens is 437 g/mol. The minimum absolute atomic E-state index is 0.0780. The molecule has 8 heteroatoms. The van der Waals surface area contributed by atoms with E-state index in [1.165, 1.54) is 0 Å². The minimum atomic E-state index is -4.56. The smallest absolute Gasteiger partial charge is 0.422 e.